The first-order valence-electron chi connectivity index (χ1n) is 13.5. The molecule has 0 bridgehead atoms. The zero-order chi connectivity index (χ0) is 28.1. The number of rotatable bonds is 7. The van der Waals surface area contributed by atoms with Crippen LogP contribution in [0.3, 0.4) is 0 Å². The number of nitrogens with one attached hydrogen (secondary N) is 2. The summed E-state index contributed by atoms with van der Waals surface area (Å²) in [6.07, 6.45) is 3.74. The van der Waals surface area contributed by atoms with Crippen LogP contribution in [0.25, 0.3) is 11.1 Å². The second-order valence-corrected chi connectivity index (χ2v) is 10.2. The van der Waals surface area contributed by atoms with Crippen LogP contribution in [0.4, 0.5) is 27.1 Å². The predicted molar refractivity (Wildman–Crippen MR) is 161 cm³/mol. The highest BCUT2D eigenvalue weighted by Gasteiger charge is 2.13. The van der Waals surface area contributed by atoms with Gasteiger partial charge in [0.05, 0.1) is 5.69 Å². The van der Waals surface area contributed by atoms with Gasteiger partial charge in [0.1, 0.15) is 5.82 Å². The summed E-state index contributed by atoms with van der Waals surface area (Å²) in [6, 6.07) is 27.1. The third kappa shape index (κ3) is 6.31. The van der Waals surface area contributed by atoms with Gasteiger partial charge in [0.2, 0.25) is 0 Å². The summed E-state index contributed by atoms with van der Waals surface area (Å²) >= 11 is 0. The van der Waals surface area contributed by atoms with Gasteiger partial charge in [-0.1, -0.05) is 24.3 Å². The fraction of sp³-hybridized carbons (Fsp3) is 0.212. The Bertz CT molecular complexity index is 1480. The Balaban J connectivity index is 1.18. The third-order valence-corrected chi connectivity index (χ3v) is 7.16. The lowest BCUT2D eigenvalue weighted by atomic mass is 10.0. The van der Waals surface area contributed by atoms with Crippen molar-refractivity contribution in [3.63, 3.8) is 0 Å². The predicted octanol–water partition coefficient (Wildman–Crippen LogP) is 7.05. The van der Waals surface area contributed by atoms with E-state index in [9.17, 15) is 14.0 Å². The maximum Gasteiger partial charge on any atom is 0.255 e. The van der Waals surface area contributed by atoms with Crippen molar-refractivity contribution in [1.82, 2.24) is 0 Å². The van der Waals surface area contributed by atoms with Gasteiger partial charge in [-0.05, 0) is 97.1 Å². The number of nitrogens with zero attached hydrogens (tertiary/aromatic N) is 2. The minimum absolute atomic E-state index is 0.167. The van der Waals surface area contributed by atoms with Gasteiger partial charge in [0.15, 0.2) is 0 Å². The van der Waals surface area contributed by atoms with E-state index in [0.717, 1.165) is 29.9 Å². The molecule has 4 aromatic rings. The van der Waals surface area contributed by atoms with E-state index in [1.807, 2.05) is 36.4 Å². The van der Waals surface area contributed by atoms with Gasteiger partial charge in [0, 0.05) is 55.4 Å². The molecule has 204 valence electrons. The summed E-state index contributed by atoms with van der Waals surface area (Å²) in [4.78, 5) is 29.5. The Kier molecular flexibility index (Phi) is 8.10. The standard InChI is InChI=1S/C33H33FN4O2/c1-37(2)31-19-16-28(22-30(31)34)36-33(40)26-12-8-24(9-13-26)23-6-10-25(11-7-23)32(39)35-27-14-17-29(18-15-27)38-20-4-3-5-21-38/h6-19,22H,3-5,20-21H2,1-2H3,(H,35,39)(H,36,40). The Morgan fingerprint density at radius 2 is 1.18 bits per heavy atom. The van der Waals surface area contributed by atoms with Crippen molar-refractivity contribution in [1.29, 1.82) is 0 Å². The quantitative estimate of drug-likeness (QED) is 0.266. The number of carbonyl (C=O) groups is 2. The summed E-state index contributed by atoms with van der Waals surface area (Å²) in [5.41, 5.74) is 5.67. The van der Waals surface area contributed by atoms with E-state index in [0.29, 0.717) is 22.5 Å². The summed E-state index contributed by atoms with van der Waals surface area (Å²) in [5, 5.41) is 5.71. The van der Waals surface area contributed by atoms with E-state index >= 15 is 0 Å². The van der Waals surface area contributed by atoms with Crippen molar-refractivity contribution in [2.75, 3.05) is 47.6 Å². The van der Waals surface area contributed by atoms with Crippen LogP contribution in [0.1, 0.15) is 40.0 Å². The summed E-state index contributed by atoms with van der Waals surface area (Å²) in [5.74, 6) is -0.889. The monoisotopic (exact) mass is 536 g/mol. The molecule has 2 N–H and O–H groups in total. The smallest absolute Gasteiger partial charge is 0.255 e. The molecular weight excluding hydrogens is 503 g/mol. The Labute approximate surface area is 234 Å². The van der Waals surface area contributed by atoms with Crippen LogP contribution >= 0.6 is 0 Å². The molecule has 0 aromatic heterocycles. The molecule has 1 saturated heterocycles. The van der Waals surface area contributed by atoms with E-state index in [2.05, 4.69) is 27.7 Å². The Hall–Kier alpha value is -4.65. The normalized spacial score (nSPS) is 13.0. The molecule has 0 atom stereocenters. The Morgan fingerprint density at radius 1 is 0.675 bits per heavy atom. The number of hydrogen-bond donors (Lipinski definition) is 2. The van der Waals surface area contributed by atoms with Crippen LogP contribution in [0.2, 0.25) is 0 Å². The van der Waals surface area contributed by atoms with E-state index in [1.165, 1.54) is 31.0 Å². The van der Waals surface area contributed by atoms with Crippen LogP contribution in [-0.4, -0.2) is 39.0 Å². The van der Waals surface area contributed by atoms with Gasteiger partial charge in [0.25, 0.3) is 11.8 Å². The molecule has 4 aromatic carbocycles. The van der Waals surface area contributed by atoms with Crippen LogP contribution in [0.15, 0.2) is 91.0 Å². The number of hydrogen-bond acceptors (Lipinski definition) is 4. The summed E-state index contributed by atoms with van der Waals surface area (Å²) in [7, 11) is 3.52. The van der Waals surface area contributed by atoms with Crippen LogP contribution < -0.4 is 20.4 Å². The first-order chi connectivity index (χ1) is 19.4. The van der Waals surface area contributed by atoms with Crippen molar-refractivity contribution in [2.45, 2.75) is 19.3 Å². The van der Waals surface area contributed by atoms with E-state index in [-0.39, 0.29) is 11.8 Å². The molecule has 0 saturated carbocycles. The molecule has 0 unspecified atom stereocenters. The van der Waals surface area contributed by atoms with Gasteiger partial charge in [-0.2, -0.15) is 0 Å². The number of anilines is 4. The average Bonchev–Trinajstić information content (AvgIpc) is 2.98. The molecule has 40 heavy (non-hydrogen) atoms. The summed E-state index contributed by atoms with van der Waals surface area (Å²) < 4.78 is 14.2. The molecule has 1 heterocycles. The topological polar surface area (TPSA) is 64.7 Å². The summed E-state index contributed by atoms with van der Waals surface area (Å²) in [6.45, 7) is 2.17. The molecule has 1 fully saturated rings. The molecule has 0 aliphatic carbocycles. The first-order valence-corrected chi connectivity index (χ1v) is 13.5. The lowest BCUT2D eigenvalue weighted by Crippen LogP contribution is -2.29. The minimum atomic E-state index is -0.402. The maximum atomic E-state index is 14.2. The van der Waals surface area contributed by atoms with Crippen LogP contribution in [0.5, 0.6) is 0 Å². The molecule has 5 rings (SSSR count). The van der Waals surface area contributed by atoms with Gasteiger partial charge in [-0.25, -0.2) is 4.39 Å². The number of carbonyl (C=O) groups excluding carboxylic acids is 2. The van der Waals surface area contributed by atoms with E-state index in [1.54, 1.807) is 55.4 Å². The highest BCUT2D eigenvalue weighted by Crippen LogP contribution is 2.25. The molecule has 1 aliphatic heterocycles. The van der Waals surface area contributed by atoms with Crippen molar-refractivity contribution in [3.8, 4) is 11.1 Å². The van der Waals surface area contributed by atoms with Crippen LogP contribution in [-0.2, 0) is 0 Å². The van der Waals surface area contributed by atoms with Gasteiger partial charge >= 0.3 is 0 Å². The SMILES string of the molecule is CN(C)c1ccc(NC(=O)c2ccc(-c3ccc(C(=O)Nc4ccc(N5CCCCC5)cc4)cc3)cc2)cc1F. The molecule has 7 heteroatoms. The number of benzene rings is 4. The van der Waals surface area contributed by atoms with E-state index < -0.39 is 5.82 Å². The number of piperidine rings is 1. The lowest BCUT2D eigenvalue weighted by molar-refractivity contribution is 0.101. The highest BCUT2D eigenvalue weighted by atomic mass is 19.1. The number of amides is 2. The average molecular weight is 537 g/mol. The molecule has 1 aliphatic rings. The van der Waals surface area contributed by atoms with Gasteiger partial charge < -0.3 is 20.4 Å². The third-order valence-electron chi connectivity index (χ3n) is 7.16. The van der Waals surface area contributed by atoms with Crippen molar-refractivity contribution >= 4 is 34.6 Å². The Morgan fingerprint density at radius 3 is 1.68 bits per heavy atom. The molecule has 6 nitrogen and oxygen atoms in total. The number of halogens is 1. The fourth-order valence-electron chi connectivity index (χ4n) is 4.89. The molecular formula is C33H33FN4O2. The first kappa shape index (κ1) is 26.9. The van der Waals surface area contributed by atoms with Crippen molar-refractivity contribution < 1.29 is 14.0 Å². The van der Waals surface area contributed by atoms with Crippen molar-refractivity contribution in [2.24, 2.45) is 0 Å². The largest absolute Gasteiger partial charge is 0.375 e. The van der Waals surface area contributed by atoms with E-state index in [4.69, 9.17) is 0 Å². The van der Waals surface area contributed by atoms with Gasteiger partial charge in [-0.3, -0.25) is 9.59 Å². The fourth-order valence-corrected chi connectivity index (χ4v) is 4.89. The van der Waals surface area contributed by atoms with Gasteiger partial charge in [-0.15, -0.1) is 0 Å². The molecule has 0 spiro atoms. The van der Waals surface area contributed by atoms with Crippen molar-refractivity contribution in [3.05, 3.63) is 108 Å². The lowest BCUT2D eigenvalue weighted by Gasteiger charge is -2.28. The zero-order valence-corrected chi connectivity index (χ0v) is 22.8. The zero-order valence-electron chi connectivity index (χ0n) is 22.8. The molecule has 2 amide bonds. The minimum Gasteiger partial charge on any atom is -0.375 e. The highest BCUT2D eigenvalue weighted by molar-refractivity contribution is 6.05. The van der Waals surface area contributed by atoms with Crippen LogP contribution in [0, 0.1) is 5.82 Å². The molecule has 0 radical (unpaired) electrons. The second-order valence-electron chi connectivity index (χ2n) is 10.2. The maximum absolute atomic E-state index is 14.2. The second kappa shape index (κ2) is 12.0.